The maximum absolute atomic E-state index is 13.1. The van der Waals surface area contributed by atoms with Gasteiger partial charge in [0.2, 0.25) is 17.7 Å². The first kappa shape index (κ1) is 58.2. The monoisotopic (exact) mass is 852 g/mol. The van der Waals surface area contributed by atoms with Crippen LogP contribution in [0.1, 0.15) is 194 Å². The van der Waals surface area contributed by atoms with Gasteiger partial charge in [-0.15, -0.1) is 0 Å². The van der Waals surface area contributed by atoms with Gasteiger partial charge >= 0.3 is 0 Å². The van der Waals surface area contributed by atoms with Gasteiger partial charge in [-0.25, -0.2) is 0 Å². The smallest absolute Gasteiger partial charge is 0.234 e. The van der Waals surface area contributed by atoms with Crippen molar-refractivity contribution in [2.45, 2.75) is 194 Å². The van der Waals surface area contributed by atoms with E-state index in [9.17, 15) is 14.4 Å². The second-order valence-corrected chi connectivity index (χ2v) is 20.3. The number of likely N-dealkylation sites (N-methyl/N-ethyl adjacent to an activating group) is 2. The van der Waals surface area contributed by atoms with Gasteiger partial charge in [-0.05, 0) is 12.8 Å². The van der Waals surface area contributed by atoms with Gasteiger partial charge < -0.3 is 24.9 Å². The number of quaternary nitrogens is 2. The molecular weight excluding hydrogens is 747 g/mol. The predicted octanol–water partition coefficient (Wildman–Crippen LogP) is 9.31. The fraction of sp³-hybridized carbons (Fsp3) is 0.940. The van der Waals surface area contributed by atoms with Crippen LogP contribution in [0.4, 0.5) is 0 Å². The van der Waals surface area contributed by atoms with Gasteiger partial charge in [-0.3, -0.25) is 24.2 Å². The highest BCUT2D eigenvalue weighted by Crippen LogP contribution is 2.14. The number of nitrogens with zero attached hydrogens (tertiary/aromatic N) is 4. The van der Waals surface area contributed by atoms with Crippen LogP contribution in [0.15, 0.2) is 0 Å². The fourth-order valence-electron chi connectivity index (χ4n) is 7.61. The summed E-state index contributed by atoms with van der Waals surface area (Å²) < 4.78 is 1.57. The lowest BCUT2D eigenvalue weighted by Gasteiger charge is -2.30. The summed E-state index contributed by atoms with van der Waals surface area (Å²) in [4.78, 5) is 43.5. The van der Waals surface area contributed by atoms with Gasteiger partial charge in [-0.2, -0.15) is 0 Å². The summed E-state index contributed by atoms with van der Waals surface area (Å²) in [6.07, 6.45) is 36.9. The van der Waals surface area contributed by atoms with Crippen molar-refractivity contribution in [1.82, 2.24) is 25.8 Å². The maximum atomic E-state index is 13.1. The Balaban J connectivity index is 4.72. The van der Waals surface area contributed by atoms with Gasteiger partial charge in [0.1, 0.15) is 0 Å². The second kappa shape index (κ2) is 40.1. The molecule has 0 aliphatic rings. The van der Waals surface area contributed by atoms with Crippen LogP contribution in [-0.2, 0) is 14.4 Å². The van der Waals surface area contributed by atoms with Gasteiger partial charge in [0.05, 0.1) is 81.6 Å². The Labute approximate surface area is 373 Å². The molecule has 0 bridgehead atoms. The van der Waals surface area contributed by atoms with E-state index in [1.165, 1.54) is 154 Å². The van der Waals surface area contributed by atoms with E-state index in [-0.39, 0.29) is 30.8 Å². The Hall–Kier alpha value is -1.75. The largest absolute Gasteiger partial charge is 0.355 e. The van der Waals surface area contributed by atoms with Crippen LogP contribution in [0.5, 0.6) is 0 Å². The molecular formula is C50H105N7O3+2. The van der Waals surface area contributed by atoms with E-state index in [0.29, 0.717) is 32.7 Å². The normalized spacial score (nSPS) is 12.1. The zero-order valence-corrected chi connectivity index (χ0v) is 41.6. The minimum atomic E-state index is -0.0629. The average Bonchev–Trinajstić information content (AvgIpc) is 3.18. The van der Waals surface area contributed by atoms with Crippen molar-refractivity contribution in [3.05, 3.63) is 0 Å². The Kier molecular flexibility index (Phi) is 38.9. The molecule has 0 aromatic rings. The SMILES string of the molecule is CCCCCCCCCCCCCCCCNC(=O)CN(CCN(CC(=O)NCCCCCCCCCCCCCCCC)CC(=O)NCC[N+](C)(C)C)CC[N+](C)(C)C. The van der Waals surface area contributed by atoms with Gasteiger partial charge in [0.25, 0.3) is 0 Å². The van der Waals surface area contributed by atoms with Crippen LogP contribution in [0.25, 0.3) is 0 Å². The highest BCUT2D eigenvalue weighted by atomic mass is 16.2. The molecule has 0 aliphatic heterocycles. The number of unbranched alkanes of at least 4 members (excludes halogenated alkanes) is 26. The van der Waals surface area contributed by atoms with Gasteiger partial charge in [-0.1, -0.05) is 181 Å². The summed E-state index contributed by atoms with van der Waals surface area (Å²) >= 11 is 0. The summed E-state index contributed by atoms with van der Waals surface area (Å²) in [5.41, 5.74) is 0. The first-order valence-electron chi connectivity index (χ1n) is 25.6. The van der Waals surface area contributed by atoms with Crippen molar-refractivity contribution in [2.24, 2.45) is 0 Å². The minimum Gasteiger partial charge on any atom is -0.355 e. The van der Waals surface area contributed by atoms with Crippen molar-refractivity contribution < 1.29 is 23.3 Å². The molecule has 3 N–H and O–H groups in total. The highest BCUT2D eigenvalue weighted by Gasteiger charge is 2.20. The number of carbonyl (C=O) groups excluding carboxylic acids is 3. The number of hydrogen-bond donors (Lipinski definition) is 3. The number of nitrogens with one attached hydrogen (secondary N) is 3. The van der Waals surface area contributed by atoms with E-state index in [1.54, 1.807) is 0 Å². The third-order valence-electron chi connectivity index (χ3n) is 11.7. The quantitative estimate of drug-likeness (QED) is 0.0420. The van der Waals surface area contributed by atoms with Crippen molar-refractivity contribution in [3.8, 4) is 0 Å². The van der Waals surface area contributed by atoms with Crippen molar-refractivity contribution in [3.63, 3.8) is 0 Å². The third kappa shape index (κ3) is 44.3. The summed E-state index contributed by atoms with van der Waals surface area (Å²) in [5.74, 6) is -0.0404. The molecule has 0 saturated carbocycles. The maximum Gasteiger partial charge on any atom is 0.234 e. The van der Waals surface area contributed by atoms with E-state index in [1.807, 2.05) is 4.90 Å². The molecule has 3 amide bonds. The minimum absolute atomic E-state index is 0.0346. The van der Waals surface area contributed by atoms with Crippen molar-refractivity contribution in [1.29, 1.82) is 0 Å². The lowest BCUT2D eigenvalue weighted by molar-refractivity contribution is -0.869. The Morgan fingerprint density at radius 3 is 0.917 bits per heavy atom. The average molecular weight is 852 g/mol. The number of amides is 3. The Morgan fingerprint density at radius 2 is 0.600 bits per heavy atom. The molecule has 60 heavy (non-hydrogen) atoms. The summed E-state index contributed by atoms with van der Waals surface area (Å²) in [6, 6.07) is 0. The van der Waals surface area contributed by atoms with E-state index in [4.69, 9.17) is 0 Å². The predicted molar refractivity (Wildman–Crippen MR) is 258 cm³/mol. The molecule has 356 valence electrons. The van der Waals surface area contributed by atoms with Gasteiger partial charge in [0, 0.05) is 32.7 Å². The van der Waals surface area contributed by atoms with Crippen molar-refractivity contribution in [2.75, 3.05) is 114 Å². The molecule has 0 heterocycles. The number of carbonyl (C=O) groups is 3. The molecule has 10 heteroatoms. The first-order chi connectivity index (χ1) is 28.8. The molecule has 0 aromatic heterocycles. The van der Waals surface area contributed by atoms with Crippen LogP contribution in [-0.4, -0.2) is 151 Å². The molecule has 0 unspecified atom stereocenters. The molecule has 0 fully saturated rings. The van der Waals surface area contributed by atoms with E-state index < -0.39 is 0 Å². The lowest BCUT2D eigenvalue weighted by Crippen LogP contribution is -2.50. The summed E-state index contributed by atoms with van der Waals surface area (Å²) in [7, 11) is 12.8. The van der Waals surface area contributed by atoms with E-state index in [0.717, 1.165) is 60.8 Å². The molecule has 10 nitrogen and oxygen atoms in total. The molecule has 0 saturated heterocycles. The zero-order chi connectivity index (χ0) is 44.6. The highest BCUT2D eigenvalue weighted by molar-refractivity contribution is 5.81. The van der Waals surface area contributed by atoms with Crippen LogP contribution < -0.4 is 16.0 Å². The van der Waals surface area contributed by atoms with Crippen LogP contribution in [0.2, 0.25) is 0 Å². The Morgan fingerprint density at radius 1 is 0.333 bits per heavy atom. The molecule has 0 aromatic carbocycles. The standard InChI is InChI=1S/C50H103N7O3/c1-9-11-13-15-17-19-21-23-25-27-29-31-33-35-37-51-48(58)45-54(42-44-57(6,7)8)40-41-55(47-50(60)53-39-43-56(3,4)5)46-49(59)52-38-36-34-32-30-28-26-24-22-20-18-16-14-12-10-2/h9-47H2,1-8H3,(H-2,51,52,53,58,59,60)/p+2. The molecule has 0 atom stereocenters. The summed E-state index contributed by atoms with van der Waals surface area (Å²) in [6.45, 7) is 10.9. The fourth-order valence-corrected chi connectivity index (χ4v) is 7.61. The molecule has 0 spiro atoms. The van der Waals surface area contributed by atoms with E-state index in [2.05, 4.69) is 77.0 Å². The zero-order valence-electron chi connectivity index (χ0n) is 41.6. The topological polar surface area (TPSA) is 93.8 Å². The number of rotatable bonds is 45. The third-order valence-corrected chi connectivity index (χ3v) is 11.7. The molecule has 0 aliphatic carbocycles. The second-order valence-electron chi connectivity index (χ2n) is 20.3. The van der Waals surface area contributed by atoms with Crippen molar-refractivity contribution >= 4 is 17.7 Å². The lowest BCUT2D eigenvalue weighted by atomic mass is 10.0. The Bertz CT molecular complexity index is 997. The molecule has 0 radical (unpaired) electrons. The van der Waals surface area contributed by atoms with Crippen LogP contribution in [0.3, 0.4) is 0 Å². The van der Waals surface area contributed by atoms with E-state index >= 15 is 0 Å². The van der Waals surface area contributed by atoms with Gasteiger partial charge in [0.15, 0.2) is 0 Å². The van der Waals surface area contributed by atoms with Crippen LogP contribution in [0, 0.1) is 0 Å². The number of hydrogen-bond acceptors (Lipinski definition) is 5. The molecule has 0 rings (SSSR count). The van der Waals surface area contributed by atoms with Crippen LogP contribution >= 0.6 is 0 Å². The summed E-state index contributed by atoms with van der Waals surface area (Å²) in [5, 5.41) is 9.36. The first-order valence-corrected chi connectivity index (χ1v) is 25.6.